The fourth-order valence-corrected chi connectivity index (χ4v) is 3.09. The average molecular weight is 260 g/mol. The molecule has 0 amide bonds. The zero-order valence-electron chi connectivity index (χ0n) is 11.7. The van der Waals surface area contributed by atoms with E-state index in [4.69, 9.17) is 4.74 Å². The molecule has 1 unspecified atom stereocenters. The van der Waals surface area contributed by atoms with E-state index in [-0.39, 0.29) is 0 Å². The Balaban J connectivity index is 1.44. The Morgan fingerprint density at radius 3 is 2.89 bits per heavy atom. The van der Waals surface area contributed by atoms with Gasteiger partial charge >= 0.3 is 0 Å². The van der Waals surface area contributed by atoms with Gasteiger partial charge in [-0.25, -0.2) is 0 Å². The van der Waals surface area contributed by atoms with Gasteiger partial charge in [0.25, 0.3) is 0 Å². The maximum atomic E-state index is 5.45. The zero-order chi connectivity index (χ0) is 13.1. The van der Waals surface area contributed by atoms with Crippen molar-refractivity contribution in [3.8, 4) is 0 Å². The van der Waals surface area contributed by atoms with E-state index in [1.807, 2.05) is 0 Å². The lowest BCUT2D eigenvalue weighted by Gasteiger charge is -2.34. The monoisotopic (exact) mass is 260 g/mol. The van der Waals surface area contributed by atoms with Crippen molar-refractivity contribution in [1.82, 2.24) is 5.32 Å². The minimum atomic E-state index is 0.420. The van der Waals surface area contributed by atoms with Gasteiger partial charge in [0.05, 0.1) is 0 Å². The van der Waals surface area contributed by atoms with Crippen LogP contribution in [0.3, 0.4) is 0 Å². The van der Waals surface area contributed by atoms with Crippen molar-refractivity contribution in [1.29, 1.82) is 0 Å². The largest absolute Gasteiger partial charge is 0.381 e. The van der Waals surface area contributed by atoms with Crippen molar-refractivity contribution >= 4 is 5.69 Å². The summed E-state index contributed by atoms with van der Waals surface area (Å²) >= 11 is 0. The molecule has 0 saturated carbocycles. The third-order valence-electron chi connectivity index (χ3n) is 4.49. The van der Waals surface area contributed by atoms with Crippen molar-refractivity contribution in [2.45, 2.75) is 32.2 Å². The fourth-order valence-electron chi connectivity index (χ4n) is 3.09. The van der Waals surface area contributed by atoms with Gasteiger partial charge in [0.15, 0.2) is 0 Å². The summed E-state index contributed by atoms with van der Waals surface area (Å²) in [5.74, 6) is 0. The molecule has 1 atom stereocenters. The van der Waals surface area contributed by atoms with Crippen molar-refractivity contribution in [3.05, 3.63) is 29.8 Å². The van der Waals surface area contributed by atoms with Gasteiger partial charge in [0, 0.05) is 38.0 Å². The Labute approximate surface area is 115 Å². The van der Waals surface area contributed by atoms with Crippen LogP contribution in [-0.2, 0) is 11.2 Å². The van der Waals surface area contributed by atoms with Gasteiger partial charge in [-0.05, 0) is 36.3 Å². The summed E-state index contributed by atoms with van der Waals surface area (Å²) in [6.07, 6.45) is 3.50. The van der Waals surface area contributed by atoms with Crippen LogP contribution in [0.25, 0.3) is 0 Å². The van der Waals surface area contributed by atoms with E-state index in [0.717, 1.165) is 32.7 Å². The summed E-state index contributed by atoms with van der Waals surface area (Å²) in [4.78, 5) is 0. The fraction of sp³-hybridized carbons (Fsp3) is 0.625. The predicted molar refractivity (Wildman–Crippen MR) is 78.6 cm³/mol. The summed E-state index contributed by atoms with van der Waals surface area (Å²) in [5, 5.41) is 7.25. The molecule has 2 heterocycles. The van der Waals surface area contributed by atoms with Gasteiger partial charge < -0.3 is 15.4 Å². The molecule has 2 N–H and O–H groups in total. The van der Waals surface area contributed by atoms with Crippen LogP contribution in [0.2, 0.25) is 0 Å². The van der Waals surface area contributed by atoms with E-state index in [0.29, 0.717) is 11.5 Å². The van der Waals surface area contributed by atoms with Crippen LogP contribution in [-0.4, -0.2) is 32.3 Å². The molecule has 1 fully saturated rings. The second-order valence-electron chi connectivity index (χ2n) is 6.26. The first-order valence-electron chi connectivity index (χ1n) is 7.38. The molecular weight excluding hydrogens is 236 g/mol. The molecule has 3 heteroatoms. The molecule has 3 rings (SSSR count). The minimum Gasteiger partial charge on any atom is -0.381 e. The molecule has 3 nitrogen and oxygen atoms in total. The number of ether oxygens (including phenoxy) is 1. The standard InChI is InChI=1S/C16H24N2O/c1-16(6-8-19-9-7-16)12-17-11-14-10-13-4-2-3-5-15(13)18-14/h2-5,14,17-18H,6-12H2,1H3. The van der Waals surface area contributed by atoms with Gasteiger partial charge in [0.1, 0.15) is 0 Å². The van der Waals surface area contributed by atoms with E-state index < -0.39 is 0 Å². The number of para-hydroxylation sites is 1. The van der Waals surface area contributed by atoms with E-state index in [9.17, 15) is 0 Å². The van der Waals surface area contributed by atoms with Crippen molar-refractivity contribution < 1.29 is 4.74 Å². The molecule has 2 aliphatic heterocycles. The highest BCUT2D eigenvalue weighted by atomic mass is 16.5. The quantitative estimate of drug-likeness (QED) is 0.872. The van der Waals surface area contributed by atoms with Crippen LogP contribution >= 0.6 is 0 Å². The molecule has 2 aliphatic rings. The molecule has 0 spiro atoms. The van der Waals surface area contributed by atoms with Crippen molar-refractivity contribution in [2.75, 3.05) is 31.6 Å². The van der Waals surface area contributed by atoms with E-state index in [1.54, 1.807) is 0 Å². The lowest BCUT2D eigenvalue weighted by atomic mass is 9.82. The first-order chi connectivity index (χ1) is 9.25. The number of anilines is 1. The summed E-state index contributed by atoms with van der Waals surface area (Å²) < 4.78 is 5.45. The molecule has 0 aliphatic carbocycles. The first-order valence-corrected chi connectivity index (χ1v) is 7.38. The Morgan fingerprint density at radius 1 is 1.32 bits per heavy atom. The second kappa shape index (κ2) is 5.51. The van der Waals surface area contributed by atoms with Crippen LogP contribution in [0.1, 0.15) is 25.3 Å². The number of benzene rings is 1. The molecule has 104 valence electrons. The average Bonchev–Trinajstić information content (AvgIpc) is 2.82. The zero-order valence-corrected chi connectivity index (χ0v) is 11.7. The third kappa shape index (κ3) is 3.10. The molecule has 0 radical (unpaired) electrons. The normalized spacial score (nSPS) is 24.8. The van der Waals surface area contributed by atoms with Gasteiger partial charge in [-0.3, -0.25) is 0 Å². The molecule has 0 aromatic heterocycles. The smallest absolute Gasteiger partial charge is 0.0471 e. The van der Waals surface area contributed by atoms with Crippen molar-refractivity contribution in [3.63, 3.8) is 0 Å². The van der Waals surface area contributed by atoms with Gasteiger partial charge in [-0.15, -0.1) is 0 Å². The lowest BCUT2D eigenvalue weighted by molar-refractivity contribution is 0.0241. The lowest BCUT2D eigenvalue weighted by Crippen LogP contribution is -2.40. The number of fused-ring (bicyclic) bond motifs is 1. The molecule has 1 saturated heterocycles. The molecule has 1 aromatic carbocycles. The Bertz CT molecular complexity index is 402. The highest BCUT2D eigenvalue weighted by Gasteiger charge is 2.27. The maximum absolute atomic E-state index is 5.45. The van der Waals surface area contributed by atoms with E-state index >= 15 is 0 Å². The Morgan fingerprint density at radius 2 is 2.11 bits per heavy atom. The molecular formula is C16H24N2O. The number of nitrogens with one attached hydrogen (secondary N) is 2. The molecule has 0 bridgehead atoms. The van der Waals surface area contributed by atoms with Crippen LogP contribution in [0.15, 0.2) is 24.3 Å². The SMILES string of the molecule is CC1(CNCC2Cc3ccccc3N2)CCOCC1. The Hall–Kier alpha value is -1.06. The van der Waals surface area contributed by atoms with Crippen molar-refractivity contribution in [2.24, 2.45) is 5.41 Å². The molecule has 1 aromatic rings. The number of hydrogen-bond donors (Lipinski definition) is 2. The summed E-state index contributed by atoms with van der Waals surface area (Å²) in [5.41, 5.74) is 3.18. The predicted octanol–water partition coefficient (Wildman–Crippen LogP) is 2.43. The molecule has 19 heavy (non-hydrogen) atoms. The van der Waals surface area contributed by atoms with Crippen LogP contribution < -0.4 is 10.6 Å². The van der Waals surface area contributed by atoms with Crippen LogP contribution in [0, 0.1) is 5.41 Å². The van der Waals surface area contributed by atoms with Crippen LogP contribution in [0.4, 0.5) is 5.69 Å². The van der Waals surface area contributed by atoms with Gasteiger partial charge in [-0.2, -0.15) is 0 Å². The van der Waals surface area contributed by atoms with E-state index in [2.05, 4.69) is 41.8 Å². The summed E-state index contributed by atoms with van der Waals surface area (Å²) in [6.45, 7) is 6.37. The number of rotatable bonds is 4. The highest BCUT2D eigenvalue weighted by molar-refractivity contribution is 5.56. The topological polar surface area (TPSA) is 33.3 Å². The maximum Gasteiger partial charge on any atom is 0.0471 e. The van der Waals surface area contributed by atoms with E-state index in [1.165, 1.54) is 24.1 Å². The Kier molecular flexibility index (Phi) is 3.76. The van der Waals surface area contributed by atoms with Gasteiger partial charge in [-0.1, -0.05) is 25.1 Å². The highest BCUT2D eigenvalue weighted by Crippen LogP contribution is 2.29. The summed E-state index contributed by atoms with van der Waals surface area (Å²) in [6, 6.07) is 9.17. The third-order valence-corrected chi connectivity index (χ3v) is 4.49. The van der Waals surface area contributed by atoms with Crippen LogP contribution in [0.5, 0.6) is 0 Å². The first kappa shape index (κ1) is 12.9. The van der Waals surface area contributed by atoms with Gasteiger partial charge in [0.2, 0.25) is 0 Å². The second-order valence-corrected chi connectivity index (χ2v) is 6.26. The summed E-state index contributed by atoms with van der Waals surface area (Å²) in [7, 11) is 0. The number of hydrogen-bond acceptors (Lipinski definition) is 3. The minimum absolute atomic E-state index is 0.420.